The summed E-state index contributed by atoms with van der Waals surface area (Å²) in [4.78, 5) is 12.4. The smallest absolute Gasteiger partial charge is 0.259 e. The van der Waals surface area contributed by atoms with Gasteiger partial charge in [0.2, 0.25) is 0 Å². The topological polar surface area (TPSA) is 78.0 Å². The molecule has 3 N–H and O–H groups in total. The van der Waals surface area contributed by atoms with Crippen molar-refractivity contribution in [1.29, 1.82) is 0 Å². The summed E-state index contributed by atoms with van der Waals surface area (Å²) in [7, 11) is 0. The summed E-state index contributed by atoms with van der Waals surface area (Å²) < 4.78 is 0. The number of rotatable bonds is 3. The maximum Gasteiger partial charge on any atom is 0.259 e. The molecule has 0 unspecified atom stereocenters. The second-order valence-electron chi connectivity index (χ2n) is 4.78. The minimum absolute atomic E-state index is 0.0701. The van der Waals surface area contributed by atoms with E-state index in [1.807, 2.05) is 0 Å². The molecule has 0 aliphatic heterocycles. The second kappa shape index (κ2) is 6.32. The van der Waals surface area contributed by atoms with Crippen molar-refractivity contribution in [3.8, 4) is 17.0 Å². The van der Waals surface area contributed by atoms with Crippen LogP contribution in [-0.2, 0) is 0 Å². The number of hydrogen-bond acceptors (Lipinski definition) is 3. The number of anilines is 1. The van der Waals surface area contributed by atoms with Crippen LogP contribution in [0.15, 0.2) is 48.7 Å². The number of H-pyrrole nitrogens is 1. The highest BCUT2D eigenvalue weighted by Crippen LogP contribution is 2.28. The molecule has 0 aliphatic rings. The number of nitrogens with one attached hydrogen (secondary N) is 2. The number of nitrogens with zero attached hydrogens (tertiary/aromatic N) is 1. The van der Waals surface area contributed by atoms with Crippen molar-refractivity contribution >= 4 is 34.8 Å². The van der Waals surface area contributed by atoms with Crippen molar-refractivity contribution in [2.45, 2.75) is 0 Å². The Morgan fingerprint density at radius 1 is 1.09 bits per heavy atom. The largest absolute Gasteiger partial charge is 0.506 e. The number of phenolic OH excluding ortho intramolecular Hbond substituents is 1. The Morgan fingerprint density at radius 3 is 2.52 bits per heavy atom. The maximum absolute atomic E-state index is 12.4. The molecule has 0 spiro atoms. The first-order valence-electron chi connectivity index (χ1n) is 6.64. The van der Waals surface area contributed by atoms with Gasteiger partial charge in [-0.15, -0.1) is 0 Å². The van der Waals surface area contributed by atoms with Gasteiger partial charge in [0, 0.05) is 15.6 Å². The molecule has 1 aromatic heterocycles. The molecule has 0 saturated heterocycles. The molecule has 2 aromatic carbocycles. The van der Waals surface area contributed by atoms with Gasteiger partial charge in [0.05, 0.1) is 23.1 Å². The Kier molecular flexibility index (Phi) is 4.23. The lowest BCUT2D eigenvalue weighted by molar-refractivity contribution is 0.102. The fourth-order valence-electron chi connectivity index (χ4n) is 2.09. The molecule has 0 radical (unpaired) electrons. The third-order valence-corrected chi connectivity index (χ3v) is 3.71. The zero-order chi connectivity index (χ0) is 16.4. The quantitative estimate of drug-likeness (QED) is 0.616. The molecule has 116 valence electrons. The Labute approximate surface area is 141 Å². The Bertz CT molecular complexity index is 860. The first kappa shape index (κ1) is 15.4. The van der Waals surface area contributed by atoms with Gasteiger partial charge in [0.25, 0.3) is 5.91 Å². The first-order chi connectivity index (χ1) is 11.0. The van der Waals surface area contributed by atoms with Crippen molar-refractivity contribution < 1.29 is 9.90 Å². The summed E-state index contributed by atoms with van der Waals surface area (Å²) in [5, 5.41) is 20.1. The first-order valence-corrected chi connectivity index (χ1v) is 7.39. The summed E-state index contributed by atoms with van der Waals surface area (Å²) in [5.74, 6) is -0.486. The highest BCUT2D eigenvalue weighted by atomic mass is 35.5. The predicted octanol–water partition coefficient (Wildman–Crippen LogP) is 4.34. The van der Waals surface area contributed by atoms with Gasteiger partial charge in [-0.05, 0) is 30.3 Å². The number of phenols is 1. The van der Waals surface area contributed by atoms with Gasteiger partial charge in [0.15, 0.2) is 0 Å². The van der Waals surface area contributed by atoms with Gasteiger partial charge in [-0.25, -0.2) is 0 Å². The molecular formula is C16H11Cl2N3O2. The summed E-state index contributed by atoms with van der Waals surface area (Å²) in [5.41, 5.74) is 1.89. The number of halogens is 2. The number of aromatic amines is 1. The number of carbonyl (C=O) groups excluding carboxylic acids is 1. The van der Waals surface area contributed by atoms with E-state index < -0.39 is 5.91 Å². The summed E-state index contributed by atoms with van der Waals surface area (Å²) in [6.45, 7) is 0. The lowest BCUT2D eigenvalue weighted by Crippen LogP contribution is -2.12. The Hall–Kier alpha value is -2.50. The maximum atomic E-state index is 12.4. The number of aromatic nitrogens is 2. The van der Waals surface area contributed by atoms with E-state index in [9.17, 15) is 9.90 Å². The lowest BCUT2D eigenvalue weighted by Gasteiger charge is -2.08. The minimum atomic E-state index is -0.415. The molecule has 5 nitrogen and oxygen atoms in total. The molecule has 7 heteroatoms. The van der Waals surface area contributed by atoms with Crippen molar-refractivity contribution in [3.63, 3.8) is 0 Å². The summed E-state index contributed by atoms with van der Waals surface area (Å²) in [6.07, 6.45) is 1.42. The van der Waals surface area contributed by atoms with Crippen LogP contribution in [0.4, 0.5) is 5.69 Å². The van der Waals surface area contributed by atoms with E-state index in [0.717, 1.165) is 5.56 Å². The highest BCUT2D eigenvalue weighted by molar-refractivity contribution is 6.31. The van der Waals surface area contributed by atoms with Gasteiger partial charge in [-0.3, -0.25) is 9.89 Å². The standard InChI is InChI=1S/C16H11Cl2N3O2/c17-10-3-1-9(2-4-10)15-12(8-19-21-15)16(23)20-13-7-11(18)5-6-14(13)22/h1-8,22H,(H,19,21)(H,20,23). The average Bonchev–Trinajstić information content (AvgIpc) is 3.01. The molecule has 0 bridgehead atoms. The highest BCUT2D eigenvalue weighted by Gasteiger charge is 2.16. The molecule has 1 amide bonds. The summed E-state index contributed by atoms with van der Waals surface area (Å²) in [6, 6.07) is 11.4. The molecular weight excluding hydrogens is 337 g/mol. The SMILES string of the molecule is O=C(Nc1cc(Cl)ccc1O)c1cn[nH]c1-c1ccc(Cl)cc1. The molecule has 0 fully saturated rings. The number of benzene rings is 2. The van der Waals surface area contributed by atoms with Crippen LogP contribution < -0.4 is 5.32 Å². The fraction of sp³-hybridized carbons (Fsp3) is 0. The van der Waals surface area contributed by atoms with E-state index in [-0.39, 0.29) is 11.4 Å². The van der Waals surface area contributed by atoms with Gasteiger partial charge >= 0.3 is 0 Å². The van der Waals surface area contributed by atoms with Gasteiger partial charge in [-0.1, -0.05) is 35.3 Å². The van der Waals surface area contributed by atoms with Gasteiger partial charge < -0.3 is 10.4 Å². The average molecular weight is 348 g/mol. The van der Waals surface area contributed by atoms with E-state index in [0.29, 0.717) is 21.3 Å². The van der Waals surface area contributed by atoms with E-state index in [1.165, 1.54) is 24.4 Å². The molecule has 3 aromatic rings. The molecule has 0 atom stereocenters. The van der Waals surface area contributed by atoms with Crippen molar-refractivity contribution in [2.24, 2.45) is 0 Å². The van der Waals surface area contributed by atoms with Crippen LogP contribution in [0.2, 0.25) is 10.0 Å². The number of carbonyl (C=O) groups is 1. The monoisotopic (exact) mass is 347 g/mol. The van der Waals surface area contributed by atoms with Crippen LogP contribution in [0, 0.1) is 0 Å². The predicted molar refractivity (Wildman–Crippen MR) is 90.1 cm³/mol. The number of hydrogen-bond donors (Lipinski definition) is 3. The van der Waals surface area contributed by atoms with Crippen molar-refractivity contribution in [1.82, 2.24) is 10.2 Å². The van der Waals surface area contributed by atoms with Crippen molar-refractivity contribution in [3.05, 3.63) is 64.3 Å². The van der Waals surface area contributed by atoms with Crippen LogP contribution >= 0.6 is 23.2 Å². The van der Waals surface area contributed by atoms with Crippen molar-refractivity contribution in [2.75, 3.05) is 5.32 Å². The molecule has 1 heterocycles. The van der Waals surface area contributed by atoms with Crippen LogP contribution in [-0.4, -0.2) is 21.2 Å². The van der Waals surface area contributed by atoms with E-state index in [1.54, 1.807) is 24.3 Å². The van der Waals surface area contributed by atoms with Crippen LogP contribution in [0.3, 0.4) is 0 Å². The zero-order valence-electron chi connectivity index (χ0n) is 11.7. The van der Waals surface area contributed by atoms with Crippen LogP contribution in [0.1, 0.15) is 10.4 Å². The Balaban J connectivity index is 1.91. The third-order valence-electron chi connectivity index (χ3n) is 3.22. The zero-order valence-corrected chi connectivity index (χ0v) is 13.2. The normalized spacial score (nSPS) is 10.5. The van der Waals surface area contributed by atoms with Crippen LogP contribution in [0.25, 0.3) is 11.3 Å². The Morgan fingerprint density at radius 2 is 1.78 bits per heavy atom. The van der Waals surface area contributed by atoms with E-state index in [4.69, 9.17) is 23.2 Å². The number of aromatic hydroxyl groups is 1. The second-order valence-corrected chi connectivity index (χ2v) is 5.65. The molecule has 0 saturated carbocycles. The van der Waals surface area contributed by atoms with Gasteiger partial charge in [-0.2, -0.15) is 5.10 Å². The fourth-order valence-corrected chi connectivity index (χ4v) is 2.39. The van der Waals surface area contributed by atoms with E-state index >= 15 is 0 Å². The van der Waals surface area contributed by atoms with E-state index in [2.05, 4.69) is 15.5 Å². The molecule has 23 heavy (non-hydrogen) atoms. The number of amides is 1. The molecule has 0 aliphatic carbocycles. The van der Waals surface area contributed by atoms with Gasteiger partial charge in [0.1, 0.15) is 5.75 Å². The third kappa shape index (κ3) is 3.31. The minimum Gasteiger partial charge on any atom is -0.506 e. The molecule has 3 rings (SSSR count). The summed E-state index contributed by atoms with van der Waals surface area (Å²) >= 11 is 11.7. The lowest BCUT2D eigenvalue weighted by atomic mass is 10.1. The van der Waals surface area contributed by atoms with Crippen LogP contribution in [0.5, 0.6) is 5.75 Å².